The Hall–Kier alpha value is -3.47. The molecule has 4 aromatic rings. The lowest BCUT2D eigenvalue weighted by atomic mass is 10.1. The highest BCUT2D eigenvalue weighted by Crippen LogP contribution is 2.45. The Labute approximate surface area is 195 Å². The second-order valence-electron chi connectivity index (χ2n) is 6.96. The molecule has 5 rings (SSSR count). The summed E-state index contributed by atoms with van der Waals surface area (Å²) >= 11 is 4.19. The smallest absolute Gasteiger partial charge is 0.256 e. The van der Waals surface area contributed by atoms with Gasteiger partial charge in [0.1, 0.15) is 0 Å². The van der Waals surface area contributed by atoms with E-state index in [1.807, 2.05) is 24.3 Å². The number of nitrogens with one attached hydrogen (secondary N) is 3. The van der Waals surface area contributed by atoms with Gasteiger partial charge in [0.2, 0.25) is 0 Å². The quantitative estimate of drug-likeness (QED) is 0.226. The van der Waals surface area contributed by atoms with E-state index in [1.165, 1.54) is 22.7 Å². The lowest BCUT2D eigenvalue weighted by Gasteiger charge is -2.22. The fourth-order valence-corrected chi connectivity index (χ4v) is 5.53. The van der Waals surface area contributed by atoms with Crippen LogP contribution in [-0.2, 0) is 0 Å². The molecule has 7 nitrogen and oxygen atoms in total. The number of fused-ring (bicyclic) bond motifs is 2. The van der Waals surface area contributed by atoms with Gasteiger partial charge >= 0.3 is 0 Å². The molecule has 0 saturated carbocycles. The zero-order valence-corrected chi connectivity index (χ0v) is 18.9. The van der Waals surface area contributed by atoms with E-state index in [9.17, 15) is 9.59 Å². The second kappa shape index (κ2) is 8.23. The Kier molecular flexibility index (Phi) is 5.25. The van der Waals surface area contributed by atoms with Gasteiger partial charge in [-0.05, 0) is 60.7 Å². The van der Waals surface area contributed by atoms with Gasteiger partial charge in [0.05, 0.1) is 31.4 Å². The van der Waals surface area contributed by atoms with Crippen LogP contribution in [0.2, 0.25) is 0 Å². The minimum Gasteiger partial charge on any atom is -0.391 e. The molecule has 7 N–H and O–H groups in total. The van der Waals surface area contributed by atoms with Gasteiger partial charge in [-0.1, -0.05) is 11.8 Å². The number of benzene rings is 2. The number of rotatable bonds is 4. The van der Waals surface area contributed by atoms with Crippen LogP contribution in [0, 0.1) is 0 Å². The Morgan fingerprint density at radius 1 is 0.688 bits per heavy atom. The fourth-order valence-electron chi connectivity index (χ4n) is 3.18. The van der Waals surface area contributed by atoms with Crippen molar-refractivity contribution in [1.29, 1.82) is 0 Å². The molecule has 0 aliphatic carbocycles. The molecule has 2 aromatic heterocycles. The van der Waals surface area contributed by atoms with Crippen LogP contribution in [0.1, 0.15) is 20.7 Å². The van der Waals surface area contributed by atoms with Gasteiger partial charge in [-0.3, -0.25) is 9.59 Å². The lowest BCUT2D eigenvalue weighted by molar-refractivity contribution is 0.101. The molecule has 10 heteroatoms. The molecule has 0 spiro atoms. The molecule has 0 unspecified atom stereocenters. The van der Waals surface area contributed by atoms with Crippen molar-refractivity contribution in [3.05, 3.63) is 71.8 Å². The summed E-state index contributed by atoms with van der Waals surface area (Å²) in [7, 11) is 0. The van der Waals surface area contributed by atoms with Crippen LogP contribution >= 0.6 is 34.4 Å². The maximum Gasteiger partial charge on any atom is 0.256 e. The van der Waals surface area contributed by atoms with Gasteiger partial charge in [-0.15, -0.1) is 22.7 Å². The van der Waals surface area contributed by atoms with E-state index in [1.54, 1.807) is 48.2 Å². The van der Waals surface area contributed by atoms with Crippen LogP contribution in [0.15, 0.2) is 70.5 Å². The van der Waals surface area contributed by atoms with Gasteiger partial charge in [0, 0.05) is 20.9 Å². The SMILES string of the molecule is Nc1ccc(NC(=O)c2ccc3c(c2)Nc2ccc(C(=O)Nc4ccc(N)s4)cc2S3)s1. The Balaban J connectivity index is 1.32. The molecular formula is C22H17N5O2S3. The van der Waals surface area contributed by atoms with Crippen molar-refractivity contribution in [3.8, 4) is 0 Å². The lowest BCUT2D eigenvalue weighted by Crippen LogP contribution is -2.13. The maximum absolute atomic E-state index is 12.6. The van der Waals surface area contributed by atoms with Gasteiger partial charge in [-0.2, -0.15) is 0 Å². The summed E-state index contributed by atoms with van der Waals surface area (Å²) in [5, 5.41) is 11.8. The van der Waals surface area contributed by atoms with Crippen molar-refractivity contribution >= 4 is 77.6 Å². The first kappa shape index (κ1) is 20.4. The molecule has 0 saturated heterocycles. The zero-order valence-electron chi connectivity index (χ0n) is 16.5. The van der Waals surface area contributed by atoms with Crippen molar-refractivity contribution in [2.75, 3.05) is 27.4 Å². The van der Waals surface area contributed by atoms with Crippen molar-refractivity contribution in [2.24, 2.45) is 0 Å². The summed E-state index contributed by atoms with van der Waals surface area (Å²) in [6.07, 6.45) is 0. The van der Waals surface area contributed by atoms with Crippen molar-refractivity contribution in [1.82, 2.24) is 0 Å². The molecule has 0 fully saturated rings. The van der Waals surface area contributed by atoms with Crippen molar-refractivity contribution in [2.45, 2.75) is 9.79 Å². The van der Waals surface area contributed by atoms with Crippen LogP contribution in [0.5, 0.6) is 0 Å². The van der Waals surface area contributed by atoms with Crippen LogP contribution < -0.4 is 27.4 Å². The van der Waals surface area contributed by atoms with Gasteiger partial charge in [0.25, 0.3) is 11.8 Å². The van der Waals surface area contributed by atoms with Crippen LogP contribution in [0.3, 0.4) is 0 Å². The van der Waals surface area contributed by atoms with Gasteiger partial charge in [-0.25, -0.2) is 0 Å². The van der Waals surface area contributed by atoms with E-state index in [4.69, 9.17) is 11.5 Å². The number of hydrogen-bond acceptors (Lipinski definition) is 8. The minimum atomic E-state index is -0.200. The predicted octanol–water partition coefficient (Wildman–Crippen LogP) is 5.69. The summed E-state index contributed by atoms with van der Waals surface area (Å²) < 4.78 is 0. The van der Waals surface area contributed by atoms with E-state index in [0.717, 1.165) is 21.2 Å². The molecule has 3 heterocycles. The molecule has 0 radical (unpaired) electrons. The standard InChI is InChI=1S/C22H17N5O2S3/c23-17-5-7-19(31-17)26-21(28)11-2-4-15-14(9-11)25-13-3-1-12(10-16(13)30-15)22(29)27-20-8-6-18(24)32-20/h1-10,25H,23-24H2,(H,26,28)(H,27,29). The van der Waals surface area contributed by atoms with Crippen LogP contribution in [-0.4, -0.2) is 11.8 Å². The van der Waals surface area contributed by atoms with Crippen molar-refractivity contribution < 1.29 is 9.59 Å². The fraction of sp³-hybridized carbons (Fsp3) is 0. The minimum absolute atomic E-state index is 0.192. The number of carbonyl (C=O) groups is 2. The molecule has 0 atom stereocenters. The predicted molar refractivity (Wildman–Crippen MR) is 134 cm³/mol. The number of thiophene rings is 2. The normalized spacial score (nSPS) is 11.8. The highest BCUT2D eigenvalue weighted by atomic mass is 32.2. The molecular weight excluding hydrogens is 462 g/mol. The topological polar surface area (TPSA) is 122 Å². The summed E-state index contributed by atoms with van der Waals surface area (Å²) in [6, 6.07) is 18.1. The summed E-state index contributed by atoms with van der Waals surface area (Å²) in [5.74, 6) is -0.393. The Bertz CT molecular complexity index is 1260. The number of amides is 2. The monoisotopic (exact) mass is 479 g/mol. The largest absolute Gasteiger partial charge is 0.391 e. The van der Waals surface area contributed by atoms with E-state index < -0.39 is 0 Å². The average molecular weight is 480 g/mol. The highest BCUT2D eigenvalue weighted by Gasteiger charge is 2.20. The molecule has 0 bridgehead atoms. The number of nitrogens with two attached hydrogens (primary N) is 2. The second-order valence-corrected chi connectivity index (χ2v) is 10.3. The average Bonchev–Trinajstić information content (AvgIpc) is 3.38. The molecule has 32 heavy (non-hydrogen) atoms. The van der Waals surface area contributed by atoms with Crippen LogP contribution in [0.4, 0.5) is 31.4 Å². The molecule has 1 aliphatic heterocycles. The first-order valence-corrected chi connectivity index (χ1v) is 12.0. The number of hydrogen-bond donors (Lipinski definition) is 5. The Morgan fingerprint density at radius 2 is 1.28 bits per heavy atom. The number of anilines is 6. The third kappa shape index (κ3) is 4.15. The first-order chi connectivity index (χ1) is 15.4. The number of carbonyl (C=O) groups excluding carboxylic acids is 2. The van der Waals surface area contributed by atoms with E-state index in [2.05, 4.69) is 16.0 Å². The zero-order chi connectivity index (χ0) is 22.2. The van der Waals surface area contributed by atoms with Gasteiger partial charge < -0.3 is 27.4 Å². The summed E-state index contributed by atoms with van der Waals surface area (Å²) in [6.45, 7) is 0. The summed E-state index contributed by atoms with van der Waals surface area (Å²) in [5.41, 5.74) is 14.3. The molecule has 2 aromatic carbocycles. The third-order valence-corrected chi connectivity index (χ3v) is 7.50. The van der Waals surface area contributed by atoms with Crippen molar-refractivity contribution in [3.63, 3.8) is 0 Å². The molecule has 160 valence electrons. The van der Waals surface area contributed by atoms with E-state index in [-0.39, 0.29) is 11.8 Å². The first-order valence-electron chi connectivity index (χ1n) is 9.51. The third-order valence-electron chi connectivity index (χ3n) is 4.70. The van der Waals surface area contributed by atoms with E-state index >= 15 is 0 Å². The molecule has 2 amide bonds. The maximum atomic E-state index is 12.6. The summed E-state index contributed by atoms with van der Waals surface area (Å²) in [4.78, 5) is 27.1. The van der Waals surface area contributed by atoms with Crippen LogP contribution in [0.25, 0.3) is 0 Å². The highest BCUT2D eigenvalue weighted by molar-refractivity contribution is 7.99. The van der Waals surface area contributed by atoms with Gasteiger partial charge in [0.15, 0.2) is 0 Å². The molecule has 1 aliphatic rings. The number of nitrogen functional groups attached to an aromatic ring is 2. The Morgan fingerprint density at radius 3 is 1.88 bits per heavy atom. The van der Waals surface area contributed by atoms with E-state index in [0.29, 0.717) is 31.1 Å².